The Morgan fingerprint density at radius 1 is 0.939 bits per heavy atom. The van der Waals surface area contributed by atoms with Crippen LogP contribution in [0.2, 0.25) is 0 Å². The lowest BCUT2D eigenvalue weighted by Crippen LogP contribution is -2.12. The average Bonchev–Trinajstić information content (AvgIpc) is 3.42. The molecule has 0 saturated heterocycles. The number of oxazole rings is 1. The molecule has 0 aliphatic rings. The summed E-state index contributed by atoms with van der Waals surface area (Å²) >= 11 is 0. The molecule has 33 heavy (non-hydrogen) atoms. The van der Waals surface area contributed by atoms with Crippen molar-refractivity contribution in [3.8, 4) is 22.6 Å². The fourth-order valence-electron chi connectivity index (χ4n) is 3.80. The molecule has 5 nitrogen and oxygen atoms in total. The summed E-state index contributed by atoms with van der Waals surface area (Å²) in [6.07, 6.45) is 2.64. The Balaban J connectivity index is 1.40. The molecule has 0 fully saturated rings. The molecule has 1 amide bonds. The minimum atomic E-state index is -0.446. The van der Waals surface area contributed by atoms with Crippen LogP contribution in [0.3, 0.4) is 0 Å². The molecule has 2 heterocycles. The number of halogens is 2. The molecule has 5 aromatic rings. The molecule has 0 radical (unpaired) electrons. The first kappa shape index (κ1) is 20.6. The maximum atomic E-state index is 13.8. The van der Waals surface area contributed by atoms with Crippen molar-refractivity contribution < 1.29 is 18.0 Å². The predicted molar refractivity (Wildman–Crippen MR) is 123 cm³/mol. The normalized spacial score (nSPS) is 11.1. The fraction of sp³-hybridized carbons (Fsp3) is 0.0769. The van der Waals surface area contributed by atoms with E-state index in [0.717, 1.165) is 16.5 Å². The minimum Gasteiger partial charge on any atom is -0.423 e. The van der Waals surface area contributed by atoms with Crippen molar-refractivity contribution in [1.29, 1.82) is 0 Å². The number of hydrogen-bond acceptors (Lipinski definition) is 3. The second kappa shape index (κ2) is 8.70. The number of anilines is 1. The summed E-state index contributed by atoms with van der Waals surface area (Å²) in [6, 6.07) is 19.5. The molecule has 164 valence electrons. The van der Waals surface area contributed by atoms with E-state index in [1.165, 1.54) is 24.3 Å². The van der Waals surface area contributed by atoms with E-state index in [0.29, 0.717) is 23.2 Å². The Kier molecular flexibility index (Phi) is 5.44. The van der Waals surface area contributed by atoms with Gasteiger partial charge in [-0.2, -0.15) is 4.98 Å². The van der Waals surface area contributed by atoms with Gasteiger partial charge in [-0.15, -0.1) is 0 Å². The minimum absolute atomic E-state index is 0.0301. The van der Waals surface area contributed by atoms with E-state index in [4.69, 9.17) is 4.42 Å². The quantitative estimate of drug-likeness (QED) is 0.322. The Bertz CT molecular complexity index is 1390. The summed E-state index contributed by atoms with van der Waals surface area (Å²) in [6.45, 7) is 0. The number of benzene rings is 3. The van der Waals surface area contributed by atoms with Crippen LogP contribution in [0.1, 0.15) is 12.0 Å². The topological polar surface area (TPSA) is 70.9 Å². The van der Waals surface area contributed by atoms with E-state index in [9.17, 15) is 13.6 Å². The Labute approximate surface area is 188 Å². The number of aromatic nitrogens is 2. The van der Waals surface area contributed by atoms with Gasteiger partial charge >= 0.3 is 6.01 Å². The maximum Gasteiger partial charge on any atom is 0.302 e. The fourth-order valence-corrected chi connectivity index (χ4v) is 3.80. The first-order valence-corrected chi connectivity index (χ1v) is 10.4. The van der Waals surface area contributed by atoms with E-state index in [1.807, 2.05) is 30.5 Å². The van der Waals surface area contributed by atoms with Gasteiger partial charge in [-0.1, -0.05) is 42.5 Å². The smallest absolute Gasteiger partial charge is 0.302 e. The molecule has 0 aliphatic heterocycles. The lowest BCUT2D eigenvalue weighted by Gasteiger charge is -2.02. The van der Waals surface area contributed by atoms with Gasteiger partial charge in [0, 0.05) is 34.6 Å². The van der Waals surface area contributed by atoms with Gasteiger partial charge in [-0.3, -0.25) is 10.1 Å². The first-order valence-electron chi connectivity index (χ1n) is 10.4. The molecular weight excluding hydrogens is 424 g/mol. The van der Waals surface area contributed by atoms with Crippen molar-refractivity contribution in [2.45, 2.75) is 12.8 Å². The van der Waals surface area contributed by atoms with Gasteiger partial charge in [0.1, 0.15) is 17.3 Å². The van der Waals surface area contributed by atoms with Gasteiger partial charge in [0.2, 0.25) is 5.91 Å². The number of rotatable bonds is 6. The van der Waals surface area contributed by atoms with Crippen molar-refractivity contribution in [1.82, 2.24) is 9.97 Å². The van der Waals surface area contributed by atoms with Crippen LogP contribution in [0.4, 0.5) is 14.8 Å². The van der Waals surface area contributed by atoms with Crippen molar-refractivity contribution in [2.24, 2.45) is 0 Å². The van der Waals surface area contributed by atoms with Crippen molar-refractivity contribution in [3.63, 3.8) is 0 Å². The standard InChI is InChI=1S/C26H19F2N3O2/c27-19-7-3-5-16(13-19)24-25(17-6-4-8-20(28)14-17)33-26(31-24)30-23(32)12-11-18-15-29-22-10-2-1-9-21(18)22/h1-10,13-15,29H,11-12H2,(H,30,31,32). The maximum absolute atomic E-state index is 13.8. The second-order valence-corrected chi connectivity index (χ2v) is 7.63. The summed E-state index contributed by atoms with van der Waals surface area (Å²) < 4.78 is 33.4. The number of carbonyl (C=O) groups is 1. The van der Waals surface area contributed by atoms with E-state index in [1.54, 1.807) is 24.3 Å². The number of fused-ring (bicyclic) bond motifs is 1. The lowest BCUT2D eigenvalue weighted by atomic mass is 10.1. The van der Waals surface area contributed by atoms with E-state index >= 15 is 0 Å². The summed E-state index contributed by atoms with van der Waals surface area (Å²) in [5.74, 6) is -0.923. The van der Waals surface area contributed by atoms with Crippen molar-refractivity contribution in [2.75, 3.05) is 5.32 Å². The Morgan fingerprint density at radius 2 is 1.67 bits per heavy atom. The van der Waals surface area contributed by atoms with Crippen molar-refractivity contribution >= 4 is 22.8 Å². The van der Waals surface area contributed by atoms with E-state index in [-0.39, 0.29) is 24.1 Å². The number of aryl methyl sites for hydroxylation is 1. The molecule has 5 rings (SSSR count). The van der Waals surface area contributed by atoms with Crippen LogP contribution in [0, 0.1) is 11.6 Å². The third-order valence-corrected chi connectivity index (χ3v) is 5.35. The molecule has 2 N–H and O–H groups in total. The number of nitrogens with zero attached hydrogens (tertiary/aromatic N) is 1. The van der Waals surface area contributed by atoms with Gasteiger partial charge in [0.05, 0.1) is 0 Å². The number of nitrogens with one attached hydrogen (secondary N) is 2. The molecule has 0 spiro atoms. The zero-order valence-corrected chi connectivity index (χ0v) is 17.4. The van der Waals surface area contributed by atoms with Gasteiger partial charge in [0.15, 0.2) is 5.76 Å². The van der Waals surface area contributed by atoms with Crippen LogP contribution in [0.5, 0.6) is 0 Å². The van der Waals surface area contributed by atoms with Gasteiger partial charge in [0.25, 0.3) is 0 Å². The summed E-state index contributed by atoms with van der Waals surface area (Å²) in [7, 11) is 0. The highest BCUT2D eigenvalue weighted by Gasteiger charge is 2.19. The Hall–Kier alpha value is -4.26. The zero-order chi connectivity index (χ0) is 22.8. The molecule has 0 saturated carbocycles. The third-order valence-electron chi connectivity index (χ3n) is 5.35. The van der Waals surface area contributed by atoms with Gasteiger partial charge < -0.3 is 9.40 Å². The molecule has 0 atom stereocenters. The number of aromatic amines is 1. The van der Waals surface area contributed by atoms with Gasteiger partial charge in [-0.25, -0.2) is 8.78 Å². The largest absolute Gasteiger partial charge is 0.423 e. The number of hydrogen-bond donors (Lipinski definition) is 2. The highest BCUT2D eigenvalue weighted by Crippen LogP contribution is 2.35. The highest BCUT2D eigenvalue weighted by molar-refractivity contribution is 5.91. The van der Waals surface area contributed by atoms with Crippen LogP contribution in [-0.4, -0.2) is 15.9 Å². The predicted octanol–water partition coefficient (Wildman–Crippen LogP) is 6.34. The molecule has 0 unspecified atom stereocenters. The summed E-state index contributed by atoms with van der Waals surface area (Å²) in [4.78, 5) is 20.2. The molecule has 0 bridgehead atoms. The third kappa shape index (κ3) is 4.39. The Morgan fingerprint density at radius 3 is 2.45 bits per heavy atom. The number of H-pyrrole nitrogens is 1. The molecular formula is C26H19F2N3O2. The van der Waals surface area contributed by atoms with Gasteiger partial charge in [-0.05, 0) is 42.3 Å². The molecule has 3 aromatic carbocycles. The highest BCUT2D eigenvalue weighted by atomic mass is 19.1. The summed E-state index contributed by atoms with van der Waals surface area (Å²) in [5, 5.41) is 3.74. The molecule has 0 aliphatic carbocycles. The number of para-hydroxylation sites is 1. The van der Waals surface area contributed by atoms with Crippen LogP contribution in [0.15, 0.2) is 83.4 Å². The molecule has 7 heteroatoms. The van der Waals surface area contributed by atoms with E-state index < -0.39 is 11.6 Å². The monoisotopic (exact) mass is 443 g/mol. The van der Waals surface area contributed by atoms with Crippen molar-refractivity contribution in [3.05, 3.63) is 96.2 Å². The lowest BCUT2D eigenvalue weighted by molar-refractivity contribution is -0.116. The second-order valence-electron chi connectivity index (χ2n) is 7.63. The number of carbonyl (C=O) groups excluding carboxylic acids is 1. The van der Waals surface area contributed by atoms with Crippen LogP contribution in [0.25, 0.3) is 33.5 Å². The van der Waals surface area contributed by atoms with E-state index in [2.05, 4.69) is 15.3 Å². The van der Waals surface area contributed by atoms with Crippen LogP contribution in [-0.2, 0) is 11.2 Å². The SMILES string of the molecule is O=C(CCc1c[nH]c2ccccc12)Nc1nc(-c2cccc(F)c2)c(-c2cccc(F)c2)o1. The van der Waals surface area contributed by atoms with Crippen LogP contribution >= 0.6 is 0 Å². The summed E-state index contributed by atoms with van der Waals surface area (Å²) in [5.41, 5.74) is 3.25. The zero-order valence-electron chi connectivity index (χ0n) is 17.4. The average molecular weight is 443 g/mol. The molecule has 2 aromatic heterocycles. The number of amides is 1. The van der Waals surface area contributed by atoms with Crippen LogP contribution < -0.4 is 5.32 Å². The first-order chi connectivity index (χ1) is 16.1.